The quantitative estimate of drug-likeness (QED) is 0.736. The van der Waals surface area contributed by atoms with E-state index in [-0.39, 0.29) is 5.91 Å². The topological polar surface area (TPSA) is 35.6 Å². The van der Waals surface area contributed by atoms with Crippen molar-refractivity contribution in [2.45, 2.75) is 52.7 Å². The van der Waals surface area contributed by atoms with Gasteiger partial charge in [-0.05, 0) is 62.6 Å². The summed E-state index contributed by atoms with van der Waals surface area (Å²) in [6.07, 6.45) is 2.50. The monoisotopic (exact) mass is 379 g/mol. The number of benzene rings is 2. The molecule has 3 rings (SSSR count). The van der Waals surface area contributed by atoms with E-state index in [9.17, 15) is 4.79 Å². The molecule has 0 unspecified atom stereocenters. The first-order chi connectivity index (χ1) is 13.6. The van der Waals surface area contributed by atoms with Gasteiger partial charge in [-0.3, -0.25) is 9.69 Å². The average molecular weight is 380 g/mol. The molecule has 0 radical (unpaired) electrons. The van der Waals surface area contributed by atoms with Gasteiger partial charge in [0.05, 0.1) is 0 Å². The summed E-state index contributed by atoms with van der Waals surface area (Å²) in [5.74, 6) is -0.0148. The number of hydrogen-bond acceptors (Lipinski definition) is 3. The maximum atomic E-state index is 12.6. The van der Waals surface area contributed by atoms with Gasteiger partial charge in [-0.25, -0.2) is 0 Å². The van der Waals surface area contributed by atoms with E-state index in [4.69, 9.17) is 0 Å². The Bertz CT molecular complexity index is 764. The molecule has 1 fully saturated rings. The Morgan fingerprint density at radius 1 is 1.07 bits per heavy atom. The lowest BCUT2D eigenvalue weighted by atomic mass is 10.1. The average Bonchev–Trinajstić information content (AvgIpc) is 3.25. The number of carbonyl (C=O) groups is 1. The lowest BCUT2D eigenvalue weighted by Crippen LogP contribution is -2.30. The van der Waals surface area contributed by atoms with Gasteiger partial charge >= 0.3 is 0 Å². The van der Waals surface area contributed by atoms with Crippen LogP contribution in [0.5, 0.6) is 0 Å². The molecule has 0 aromatic heterocycles. The fraction of sp³-hybridized carbons (Fsp3) is 0.458. The number of anilines is 1. The molecule has 0 atom stereocenters. The lowest BCUT2D eigenvalue weighted by Gasteiger charge is -2.24. The summed E-state index contributed by atoms with van der Waals surface area (Å²) < 4.78 is 0. The summed E-state index contributed by atoms with van der Waals surface area (Å²) in [4.78, 5) is 17.4. The molecule has 1 aliphatic rings. The molecule has 2 aromatic rings. The predicted octanol–water partition coefficient (Wildman–Crippen LogP) is 4.45. The van der Waals surface area contributed by atoms with Crippen LogP contribution in [-0.2, 0) is 13.1 Å². The predicted molar refractivity (Wildman–Crippen MR) is 117 cm³/mol. The van der Waals surface area contributed by atoms with Gasteiger partial charge in [0, 0.05) is 43.5 Å². The van der Waals surface area contributed by atoms with E-state index in [0.717, 1.165) is 31.7 Å². The minimum Gasteiger partial charge on any atom is -0.371 e. The Morgan fingerprint density at radius 3 is 2.39 bits per heavy atom. The summed E-state index contributed by atoms with van der Waals surface area (Å²) >= 11 is 0. The minimum atomic E-state index is -0.0148. The molecular weight excluding hydrogens is 346 g/mol. The van der Waals surface area contributed by atoms with Crippen LogP contribution in [0.25, 0.3) is 0 Å². The fourth-order valence-corrected chi connectivity index (χ4v) is 3.86. The molecular formula is C24H33N3O. The minimum absolute atomic E-state index is 0.0148. The number of nitrogens with zero attached hydrogens (tertiary/aromatic N) is 2. The maximum absolute atomic E-state index is 12.6. The van der Waals surface area contributed by atoms with Crippen molar-refractivity contribution in [1.29, 1.82) is 0 Å². The number of carbonyl (C=O) groups excluding carboxylic acids is 1. The van der Waals surface area contributed by atoms with E-state index in [2.05, 4.69) is 66.2 Å². The van der Waals surface area contributed by atoms with Crippen molar-refractivity contribution in [3.05, 3.63) is 65.2 Å². The number of hydrogen-bond donors (Lipinski definition) is 1. The number of amides is 1. The molecule has 1 heterocycles. The second kappa shape index (κ2) is 9.74. The number of rotatable bonds is 8. The largest absolute Gasteiger partial charge is 0.371 e. The molecule has 0 spiro atoms. The molecule has 1 saturated heterocycles. The molecule has 0 bridgehead atoms. The second-order valence-electron chi connectivity index (χ2n) is 7.86. The van der Waals surface area contributed by atoms with Crippen molar-refractivity contribution < 1.29 is 4.79 Å². The normalized spacial score (nSPS) is 14.1. The van der Waals surface area contributed by atoms with Gasteiger partial charge in [0.15, 0.2) is 0 Å². The third kappa shape index (κ3) is 5.14. The van der Waals surface area contributed by atoms with Crippen molar-refractivity contribution in [2.75, 3.05) is 24.5 Å². The summed E-state index contributed by atoms with van der Waals surface area (Å²) in [6, 6.07) is 16.9. The Hall–Kier alpha value is -2.33. The van der Waals surface area contributed by atoms with Crippen LogP contribution in [0.2, 0.25) is 0 Å². The first-order valence-electron chi connectivity index (χ1n) is 10.5. The first-order valence-corrected chi connectivity index (χ1v) is 10.5. The van der Waals surface area contributed by atoms with Crippen LogP contribution < -0.4 is 10.2 Å². The van der Waals surface area contributed by atoms with Crippen LogP contribution in [0.15, 0.2) is 48.5 Å². The van der Waals surface area contributed by atoms with Gasteiger partial charge in [0.1, 0.15) is 0 Å². The molecule has 28 heavy (non-hydrogen) atoms. The van der Waals surface area contributed by atoms with Crippen molar-refractivity contribution in [3.63, 3.8) is 0 Å². The SMILES string of the molecule is CCN(Cc1ccc(C(=O)NCc2ccccc2N2CCCC2)cc1)C(C)C. The van der Waals surface area contributed by atoms with Crippen molar-refractivity contribution in [3.8, 4) is 0 Å². The van der Waals surface area contributed by atoms with Gasteiger partial charge < -0.3 is 10.2 Å². The van der Waals surface area contributed by atoms with Crippen molar-refractivity contribution in [2.24, 2.45) is 0 Å². The van der Waals surface area contributed by atoms with E-state index >= 15 is 0 Å². The van der Waals surface area contributed by atoms with Gasteiger partial charge in [0.25, 0.3) is 5.91 Å². The summed E-state index contributed by atoms with van der Waals surface area (Å²) in [5.41, 5.74) is 4.40. The van der Waals surface area contributed by atoms with Crippen LogP contribution >= 0.6 is 0 Å². The maximum Gasteiger partial charge on any atom is 0.251 e. The Kier molecular flexibility index (Phi) is 7.10. The van der Waals surface area contributed by atoms with Crippen LogP contribution in [-0.4, -0.2) is 36.5 Å². The van der Waals surface area contributed by atoms with E-state index in [1.165, 1.54) is 29.7 Å². The zero-order valence-electron chi connectivity index (χ0n) is 17.4. The zero-order chi connectivity index (χ0) is 19.9. The Morgan fingerprint density at radius 2 is 1.75 bits per heavy atom. The zero-order valence-corrected chi connectivity index (χ0v) is 17.4. The Labute approximate surface area is 169 Å². The van der Waals surface area contributed by atoms with Crippen molar-refractivity contribution >= 4 is 11.6 Å². The van der Waals surface area contributed by atoms with E-state index in [1.54, 1.807) is 0 Å². The van der Waals surface area contributed by atoms with Gasteiger partial charge in [-0.15, -0.1) is 0 Å². The number of nitrogens with one attached hydrogen (secondary N) is 1. The molecule has 2 aromatic carbocycles. The molecule has 1 amide bonds. The highest BCUT2D eigenvalue weighted by molar-refractivity contribution is 5.94. The number of para-hydroxylation sites is 1. The molecule has 150 valence electrons. The molecule has 4 heteroatoms. The highest BCUT2D eigenvalue weighted by Gasteiger charge is 2.16. The van der Waals surface area contributed by atoms with Crippen LogP contribution in [0, 0.1) is 0 Å². The summed E-state index contributed by atoms with van der Waals surface area (Å²) in [6.45, 7) is 11.3. The van der Waals surface area contributed by atoms with Gasteiger partial charge in [0.2, 0.25) is 0 Å². The lowest BCUT2D eigenvalue weighted by molar-refractivity contribution is 0.0951. The standard InChI is InChI=1S/C24H33N3O/c1-4-26(19(2)3)18-20-11-13-21(14-12-20)24(28)25-17-22-9-5-6-10-23(22)27-15-7-8-16-27/h5-6,9-14,19H,4,7-8,15-18H2,1-3H3,(H,25,28). The highest BCUT2D eigenvalue weighted by atomic mass is 16.1. The van der Waals surface area contributed by atoms with Crippen LogP contribution in [0.1, 0.15) is 55.1 Å². The molecule has 4 nitrogen and oxygen atoms in total. The van der Waals surface area contributed by atoms with E-state index < -0.39 is 0 Å². The first kappa shape index (κ1) is 20.4. The van der Waals surface area contributed by atoms with E-state index in [1.807, 2.05) is 18.2 Å². The Balaban J connectivity index is 1.60. The summed E-state index contributed by atoms with van der Waals surface area (Å²) in [5, 5.41) is 3.09. The second-order valence-corrected chi connectivity index (χ2v) is 7.86. The molecule has 0 saturated carbocycles. The fourth-order valence-electron chi connectivity index (χ4n) is 3.86. The summed E-state index contributed by atoms with van der Waals surface area (Å²) in [7, 11) is 0. The van der Waals surface area contributed by atoms with Gasteiger partial charge in [-0.1, -0.05) is 37.3 Å². The van der Waals surface area contributed by atoms with Crippen LogP contribution in [0.3, 0.4) is 0 Å². The third-order valence-electron chi connectivity index (χ3n) is 5.62. The smallest absolute Gasteiger partial charge is 0.251 e. The van der Waals surface area contributed by atoms with Crippen LogP contribution in [0.4, 0.5) is 5.69 Å². The molecule has 1 N–H and O–H groups in total. The van der Waals surface area contributed by atoms with Crippen molar-refractivity contribution in [1.82, 2.24) is 10.2 Å². The molecule has 0 aliphatic carbocycles. The third-order valence-corrected chi connectivity index (χ3v) is 5.62. The van der Waals surface area contributed by atoms with E-state index in [0.29, 0.717) is 12.6 Å². The highest BCUT2D eigenvalue weighted by Crippen LogP contribution is 2.24. The molecule has 1 aliphatic heterocycles. The van der Waals surface area contributed by atoms with Gasteiger partial charge in [-0.2, -0.15) is 0 Å².